The summed E-state index contributed by atoms with van der Waals surface area (Å²) in [5, 5.41) is 8.07. The second kappa shape index (κ2) is 12.9. The molecule has 0 fully saturated rings. The van der Waals surface area contributed by atoms with E-state index in [-0.39, 0.29) is 25.0 Å². The first kappa shape index (κ1) is 28.5. The summed E-state index contributed by atoms with van der Waals surface area (Å²) in [5.74, 6) is -0.0300. The molecule has 2 aromatic rings. The number of carbonyl (C=O) groups is 2. The standard InChI is InChI=1S/C27H34N4O4S2/c1-18-9-10-20(15-19(18)2)16-23(25-29-13-14-36-25)31-37(34)22-8-6-7-21(17-22)24(32)28-11-12-30-26(33)35-27(3,4)5/h6-10,13-15,17-18,23,31H,2,11-12,16H2,1,3-5H3,(H,28,32)(H,30,33). The molecule has 37 heavy (non-hydrogen) atoms. The number of alkyl carbamates (subject to hydrolysis) is 1. The number of benzene rings is 1. The fourth-order valence-corrected chi connectivity index (χ4v) is 5.25. The summed E-state index contributed by atoms with van der Waals surface area (Å²) >= 11 is 1.50. The molecule has 10 heteroatoms. The monoisotopic (exact) mass is 542 g/mol. The van der Waals surface area contributed by atoms with Gasteiger partial charge in [0.05, 0.1) is 10.9 Å². The smallest absolute Gasteiger partial charge is 0.407 e. The highest BCUT2D eigenvalue weighted by Crippen LogP contribution is 2.29. The van der Waals surface area contributed by atoms with Gasteiger partial charge in [-0.25, -0.2) is 18.7 Å². The van der Waals surface area contributed by atoms with Gasteiger partial charge in [0.25, 0.3) is 5.91 Å². The van der Waals surface area contributed by atoms with Crippen molar-refractivity contribution in [1.82, 2.24) is 20.3 Å². The number of amides is 2. The lowest BCUT2D eigenvalue weighted by Gasteiger charge is -2.20. The predicted octanol–water partition coefficient (Wildman–Crippen LogP) is 4.83. The summed E-state index contributed by atoms with van der Waals surface area (Å²) in [7, 11) is -1.58. The lowest BCUT2D eigenvalue weighted by atomic mass is 9.91. The van der Waals surface area contributed by atoms with Gasteiger partial charge in [-0.1, -0.05) is 37.8 Å². The van der Waals surface area contributed by atoms with Gasteiger partial charge in [-0.15, -0.1) is 11.3 Å². The minimum absolute atomic E-state index is 0.221. The van der Waals surface area contributed by atoms with E-state index in [0.29, 0.717) is 22.8 Å². The topological polar surface area (TPSA) is 109 Å². The number of nitrogens with one attached hydrogen (secondary N) is 3. The first-order valence-electron chi connectivity index (χ1n) is 12.0. The first-order valence-corrected chi connectivity index (χ1v) is 14.0. The average molecular weight is 543 g/mol. The van der Waals surface area contributed by atoms with Crippen LogP contribution in [0.3, 0.4) is 0 Å². The lowest BCUT2D eigenvalue weighted by molar-refractivity contribution is 0.0526. The molecular formula is C27H34N4O4S2. The van der Waals surface area contributed by atoms with Gasteiger partial charge in [0.15, 0.2) is 0 Å². The van der Waals surface area contributed by atoms with Crippen molar-refractivity contribution in [2.45, 2.75) is 50.7 Å². The van der Waals surface area contributed by atoms with E-state index >= 15 is 0 Å². The number of rotatable bonds is 10. The van der Waals surface area contributed by atoms with Crippen molar-refractivity contribution in [2.75, 3.05) is 13.1 Å². The van der Waals surface area contributed by atoms with Crippen molar-refractivity contribution >= 4 is 34.3 Å². The third kappa shape index (κ3) is 9.07. The third-order valence-corrected chi connectivity index (χ3v) is 7.45. The van der Waals surface area contributed by atoms with Crippen LogP contribution in [0.4, 0.5) is 4.79 Å². The van der Waals surface area contributed by atoms with E-state index in [1.807, 2.05) is 5.38 Å². The van der Waals surface area contributed by atoms with E-state index < -0.39 is 22.7 Å². The first-order chi connectivity index (χ1) is 17.5. The molecule has 0 radical (unpaired) electrons. The maximum atomic E-state index is 13.3. The van der Waals surface area contributed by atoms with Crippen LogP contribution in [0.5, 0.6) is 0 Å². The largest absolute Gasteiger partial charge is 0.444 e. The molecule has 2 amide bonds. The molecular weight excluding hydrogens is 508 g/mol. The minimum atomic E-state index is -1.58. The number of hydrogen-bond acceptors (Lipinski definition) is 6. The van der Waals surface area contributed by atoms with Gasteiger partial charge in [0.1, 0.15) is 21.6 Å². The zero-order chi connectivity index (χ0) is 27.0. The number of thiazole rings is 1. The lowest BCUT2D eigenvalue weighted by Crippen LogP contribution is -2.37. The maximum Gasteiger partial charge on any atom is 0.407 e. The number of aromatic nitrogens is 1. The highest BCUT2D eigenvalue weighted by molar-refractivity contribution is 7.83. The fourth-order valence-electron chi connectivity index (χ4n) is 3.46. The molecule has 1 aliphatic carbocycles. The van der Waals surface area contributed by atoms with Gasteiger partial charge in [0.2, 0.25) is 0 Å². The van der Waals surface area contributed by atoms with Crippen LogP contribution in [0.15, 0.2) is 76.7 Å². The van der Waals surface area contributed by atoms with E-state index in [1.165, 1.54) is 11.3 Å². The van der Waals surface area contributed by atoms with Gasteiger partial charge >= 0.3 is 6.09 Å². The zero-order valence-electron chi connectivity index (χ0n) is 21.6. The van der Waals surface area contributed by atoms with E-state index in [9.17, 15) is 13.8 Å². The number of allylic oxidation sites excluding steroid dienone is 4. The van der Waals surface area contributed by atoms with E-state index in [2.05, 4.69) is 52.1 Å². The van der Waals surface area contributed by atoms with Crippen molar-refractivity contribution in [2.24, 2.45) is 5.92 Å². The normalized spacial score (nSPS) is 17.0. The van der Waals surface area contributed by atoms with E-state index in [1.54, 1.807) is 51.2 Å². The molecule has 1 aromatic carbocycles. The van der Waals surface area contributed by atoms with Crippen LogP contribution in [-0.4, -0.2) is 39.9 Å². The van der Waals surface area contributed by atoms with E-state index in [0.717, 1.165) is 16.2 Å². The maximum absolute atomic E-state index is 13.3. The van der Waals surface area contributed by atoms with Crippen LogP contribution >= 0.6 is 11.3 Å². The van der Waals surface area contributed by atoms with Crippen molar-refractivity contribution in [1.29, 1.82) is 0 Å². The molecule has 3 N–H and O–H groups in total. The summed E-state index contributed by atoms with van der Waals surface area (Å²) in [5.41, 5.74) is 1.91. The quantitative estimate of drug-likeness (QED) is 0.373. The van der Waals surface area contributed by atoms with Crippen molar-refractivity contribution < 1.29 is 18.5 Å². The number of nitrogens with zero attached hydrogens (tertiary/aromatic N) is 1. The predicted molar refractivity (Wildman–Crippen MR) is 148 cm³/mol. The van der Waals surface area contributed by atoms with Crippen LogP contribution < -0.4 is 15.4 Å². The summed E-state index contributed by atoms with van der Waals surface area (Å²) < 4.78 is 21.6. The minimum Gasteiger partial charge on any atom is -0.444 e. The van der Waals surface area contributed by atoms with Crippen LogP contribution in [0.1, 0.15) is 55.5 Å². The summed E-state index contributed by atoms with van der Waals surface area (Å²) in [6, 6.07) is 6.39. The van der Waals surface area contributed by atoms with Gasteiger partial charge in [-0.05, 0) is 62.5 Å². The molecule has 198 valence electrons. The van der Waals surface area contributed by atoms with Crippen molar-refractivity contribution in [3.05, 3.63) is 82.4 Å². The average Bonchev–Trinajstić information content (AvgIpc) is 3.37. The highest BCUT2D eigenvalue weighted by atomic mass is 32.2. The Labute approximate surface area is 224 Å². The summed E-state index contributed by atoms with van der Waals surface area (Å²) in [6.07, 6.45) is 8.04. The third-order valence-electron chi connectivity index (χ3n) is 5.38. The number of carbonyl (C=O) groups excluding carboxylic acids is 2. The molecule has 0 aliphatic heterocycles. The fraction of sp³-hybridized carbons (Fsp3) is 0.370. The van der Waals surface area contributed by atoms with Crippen LogP contribution in [0.25, 0.3) is 0 Å². The molecule has 3 unspecified atom stereocenters. The molecule has 1 aliphatic rings. The molecule has 0 saturated heterocycles. The Balaban J connectivity index is 1.60. The van der Waals surface area contributed by atoms with Crippen LogP contribution in [0, 0.1) is 5.92 Å². The highest BCUT2D eigenvalue weighted by Gasteiger charge is 2.21. The second-order valence-corrected chi connectivity index (χ2v) is 11.8. The Kier molecular flexibility index (Phi) is 9.96. The molecule has 8 nitrogen and oxygen atoms in total. The Morgan fingerprint density at radius 1 is 1.24 bits per heavy atom. The van der Waals surface area contributed by atoms with E-state index in [4.69, 9.17) is 4.74 Å². The molecule has 3 rings (SSSR count). The Morgan fingerprint density at radius 2 is 2.00 bits per heavy atom. The number of hydrogen-bond donors (Lipinski definition) is 3. The van der Waals surface area contributed by atoms with Crippen LogP contribution in [0.2, 0.25) is 0 Å². The molecule has 3 atom stereocenters. The second-order valence-electron chi connectivity index (χ2n) is 9.67. The van der Waals surface area contributed by atoms with Crippen LogP contribution in [-0.2, 0) is 15.7 Å². The Hall–Kier alpha value is -3.08. The molecule has 1 heterocycles. The zero-order valence-corrected chi connectivity index (χ0v) is 23.2. The molecule has 1 aromatic heterocycles. The SMILES string of the molecule is C=C1C=C(CC(NS(=O)c2cccc(C(=O)NCCNC(=O)OC(C)(C)C)c2)c2nccs2)C=CC1C. The van der Waals surface area contributed by atoms with Gasteiger partial charge in [0, 0.05) is 30.2 Å². The number of ether oxygens (including phenoxy) is 1. The Bertz CT molecular complexity index is 1200. The molecule has 0 spiro atoms. The summed E-state index contributed by atoms with van der Waals surface area (Å²) in [4.78, 5) is 29.2. The molecule has 0 bridgehead atoms. The van der Waals surface area contributed by atoms with Gasteiger partial charge in [-0.2, -0.15) is 0 Å². The van der Waals surface area contributed by atoms with Crippen molar-refractivity contribution in [3.63, 3.8) is 0 Å². The van der Waals surface area contributed by atoms with Gasteiger partial charge in [-0.3, -0.25) is 4.79 Å². The Morgan fingerprint density at radius 3 is 2.68 bits per heavy atom. The molecule has 0 saturated carbocycles. The van der Waals surface area contributed by atoms with Gasteiger partial charge < -0.3 is 15.4 Å². The summed E-state index contributed by atoms with van der Waals surface area (Å²) in [6.45, 7) is 12.0. The van der Waals surface area contributed by atoms with Crippen molar-refractivity contribution in [3.8, 4) is 0 Å².